The van der Waals surface area contributed by atoms with Gasteiger partial charge in [-0.25, -0.2) is 19.6 Å². The van der Waals surface area contributed by atoms with Gasteiger partial charge >= 0.3 is 24.0 Å². The maximum atomic E-state index is 15.0. The smallest absolute Gasteiger partial charge is 0.417 e. The van der Waals surface area contributed by atoms with Crippen LogP contribution in [0.2, 0.25) is 5.02 Å². The SMILES string of the molecule is C[C@@H]1CN(c2nc(=O)n3c4c(c(-c5cc(Cl)cs5)c(C(F)(F)F)cc24)SC[C@@H](Oc2ncccn2)C3)C[C@H](C)N1C(=O)OC(C)(C)C. The van der Waals surface area contributed by atoms with E-state index in [-0.39, 0.29) is 53.1 Å². The third-order valence-electron chi connectivity index (χ3n) is 7.75. The number of rotatable bonds is 4. The first kappa shape index (κ1) is 33.3. The van der Waals surface area contributed by atoms with Crippen LogP contribution in [-0.2, 0) is 17.5 Å². The minimum Gasteiger partial charge on any atom is -0.457 e. The summed E-state index contributed by atoms with van der Waals surface area (Å²) in [6, 6.07) is 3.52. The van der Waals surface area contributed by atoms with E-state index in [1.807, 2.05) is 13.8 Å². The molecular weight excluding hydrogens is 677 g/mol. The number of hydrogen-bond acceptors (Lipinski definition) is 10. The second kappa shape index (κ2) is 12.5. The van der Waals surface area contributed by atoms with E-state index in [1.54, 1.807) is 42.0 Å². The quantitative estimate of drug-likeness (QED) is 0.222. The summed E-state index contributed by atoms with van der Waals surface area (Å²) in [5, 5.41) is 2.06. The Kier molecular flexibility index (Phi) is 8.85. The number of benzene rings is 1. The summed E-state index contributed by atoms with van der Waals surface area (Å²) in [6.45, 7) is 9.46. The molecule has 250 valence electrons. The number of amides is 1. The highest BCUT2D eigenvalue weighted by atomic mass is 35.5. The monoisotopic (exact) mass is 708 g/mol. The molecule has 3 atom stereocenters. The number of carbonyl (C=O) groups excluding carboxylic acids is 1. The van der Waals surface area contributed by atoms with Crippen LogP contribution in [0, 0.1) is 0 Å². The van der Waals surface area contributed by atoms with Gasteiger partial charge in [0.15, 0.2) is 0 Å². The zero-order valence-corrected chi connectivity index (χ0v) is 28.6. The fraction of sp³-hybridized carbons (Fsp3) is 0.452. The van der Waals surface area contributed by atoms with Gasteiger partial charge in [-0.2, -0.15) is 18.2 Å². The lowest BCUT2D eigenvalue weighted by molar-refractivity contribution is -0.137. The van der Waals surface area contributed by atoms with Crippen molar-refractivity contribution in [3.8, 4) is 16.5 Å². The molecule has 0 radical (unpaired) electrons. The lowest BCUT2D eigenvalue weighted by Crippen LogP contribution is -2.59. The highest BCUT2D eigenvalue weighted by Gasteiger charge is 2.41. The largest absolute Gasteiger partial charge is 0.457 e. The van der Waals surface area contributed by atoms with Crippen molar-refractivity contribution in [3.05, 3.63) is 57.0 Å². The Morgan fingerprint density at radius 2 is 1.74 bits per heavy atom. The van der Waals surface area contributed by atoms with Gasteiger partial charge in [-0.15, -0.1) is 23.1 Å². The zero-order chi connectivity index (χ0) is 33.8. The van der Waals surface area contributed by atoms with Gasteiger partial charge in [0.25, 0.3) is 0 Å². The Morgan fingerprint density at radius 1 is 1.06 bits per heavy atom. The molecule has 1 aromatic carbocycles. The molecule has 4 aromatic rings. The Hall–Kier alpha value is -3.56. The first-order valence-corrected chi connectivity index (χ1v) is 17.1. The van der Waals surface area contributed by atoms with E-state index in [0.717, 1.165) is 17.4 Å². The normalized spacial score (nSPS) is 20.3. The van der Waals surface area contributed by atoms with Gasteiger partial charge in [0.1, 0.15) is 17.5 Å². The minimum absolute atomic E-state index is 0.0100. The third kappa shape index (κ3) is 6.74. The molecule has 0 unspecified atom stereocenters. The van der Waals surface area contributed by atoms with E-state index in [1.165, 1.54) is 34.8 Å². The topological polar surface area (TPSA) is 103 Å². The summed E-state index contributed by atoms with van der Waals surface area (Å²) in [7, 11) is 0. The van der Waals surface area contributed by atoms with E-state index in [4.69, 9.17) is 21.1 Å². The number of piperazine rings is 1. The van der Waals surface area contributed by atoms with Crippen molar-refractivity contribution in [1.82, 2.24) is 24.4 Å². The third-order valence-corrected chi connectivity index (χ3v) is 10.3. The minimum atomic E-state index is -4.74. The number of thiophene rings is 1. The molecule has 3 aromatic heterocycles. The molecule has 1 amide bonds. The average Bonchev–Trinajstić information content (AvgIpc) is 3.31. The summed E-state index contributed by atoms with van der Waals surface area (Å²) < 4.78 is 58.0. The van der Waals surface area contributed by atoms with Crippen LogP contribution in [0.25, 0.3) is 21.3 Å². The van der Waals surface area contributed by atoms with Gasteiger partial charge < -0.3 is 14.4 Å². The Labute approximate surface area is 281 Å². The van der Waals surface area contributed by atoms with Crippen molar-refractivity contribution in [2.75, 3.05) is 23.7 Å². The average molecular weight is 709 g/mol. The second-order valence-electron chi connectivity index (χ2n) is 12.6. The number of halogens is 4. The maximum Gasteiger partial charge on any atom is 0.417 e. The molecule has 1 fully saturated rings. The van der Waals surface area contributed by atoms with Gasteiger partial charge in [0.2, 0.25) is 0 Å². The number of nitrogens with zero attached hydrogens (tertiary/aromatic N) is 6. The molecule has 0 bridgehead atoms. The highest BCUT2D eigenvalue weighted by Crippen LogP contribution is 2.50. The number of alkyl halides is 3. The molecule has 47 heavy (non-hydrogen) atoms. The van der Waals surface area contributed by atoms with Gasteiger partial charge in [-0.1, -0.05) is 11.6 Å². The van der Waals surface area contributed by atoms with Crippen LogP contribution in [0.4, 0.5) is 23.8 Å². The molecule has 10 nitrogen and oxygen atoms in total. The predicted molar refractivity (Wildman–Crippen MR) is 176 cm³/mol. The van der Waals surface area contributed by atoms with E-state index < -0.39 is 47.3 Å². The van der Waals surface area contributed by atoms with E-state index in [0.29, 0.717) is 15.4 Å². The Balaban J connectivity index is 1.52. The maximum absolute atomic E-state index is 15.0. The zero-order valence-electron chi connectivity index (χ0n) is 26.2. The van der Waals surface area contributed by atoms with Crippen molar-refractivity contribution in [1.29, 1.82) is 0 Å². The number of hydrogen-bond donors (Lipinski definition) is 0. The molecule has 0 spiro atoms. The van der Waals surface area contributed by atoms with Crippen molar-refractivity contribution < 1.29 is 27.4 Å². The van der Waals surface area contributed by atoms with Crippen LogP contribution in [0.5, 0.6) is 6.01 Å². The van der Waals surface area contributed by atoms with E-state index >= 15 is 0 Å². The Bertz CT molecular complexity index is 1870. The Morgan fingerprint density at radius 3 is 2.34 bits per heavy atom. The van der Waals surface area contributed by atoms with Crippen LogP contribution >= 0.6 is 34.7 Å². The molecule has 16 heteroatoms. The second-order valence-corrected chi connectivity index (χ2v) is 14.9. The summed E-state index contributed by atoms with van der Waals surface area (Å²) in [5.74, 6) is 0.331. The molecule has 0 N–H and O–H groups in total. The summed E-state index contributed by atoms with van der Waals surface area (Å²) in [6.07, 6.45) is -2.86. The van der Waals surface area contributed by atoms with Crippen LogP contribution in [0.15, 0.2) is 45.7 Å². The fourth-order valence-corrected chi connectivity index (χ4v) is 8.48. The fourth-order valence-electron chi connectivity index (χ4n) is 6.03. The summed E-state index contributed by atoms with van der Waals surface area (Å²) in [4.78, 5) is 43.6. The van der Waals surface area contributed by atoms with Crippen LogP contribution in [0.1, 0.15) is 40.2 Å². The molecule has 5 heterocycles. The van der Waals surface area contributed by atoms with Crippen molar-refractivity contribution >= 4 is 57.5 Å². The van der Waals surface area contributed by atoms with Gasteiger partial charge in [-0.3, -0.25) is 9.47 Å². The predicted octanol–water partition coefficient (Wildman–Crippen LogP) is 6.97. The summed E-state index contributed by atoms with van der Waals surface area (Å²) >= 11 is 8.48. The van der Waals surface area contributed by atoms with E-state index in [2.05, 4.69) is 15.0 Å². The number of thioether (sulfide) groups is 1. The lowest BCUT2D eigenvalue weighted by Gasteiger charge is -2.45. The first-order valence-electron chi connectivity index (χ1n) is 14.9. The molecule has 0 saturated carbocycles. The number of anilines is 1. The molecular formula is C31H32ClF3N6O4S2. The van der Waals surface area contributed by atoms with Gasteiger partial charge in [-0.05, 0) is 52.8 Å². The lowest BCUT2D eigenvalue weighted by atomic mass is 10.0. The van der Waals surface area contributed by atoms with Gasteiger partial charge in [0, 0.05) is 57.3 Å². The molecule has 6 rings (SSSR count). The van der Waals surface area contributed by atoms with E-state index in [9.17, 15) is 22.8 Å². The molecule has 2 aliphatic rings. The van der Waals surface area contributed by atoms with Gasteiger partial charge in [0.05, 0.1) is 34.7 Å². The first-order chi connectivity index (χ1) is 22.1. The highest BCUT2D eigenvalue weighted by molar-refractivity contribution is 7.99. The van der Waals surface area contributed by atoms with Crippen molar-refractivity contribution in [2.24, 2.45) is 0 Å². The number of aromatic nitrogens is 4. The van der Waals surface area contributed by atoms with Crippen molar-refractivity contribution in [3.63, 3.8) is 0 Å². The van der Waals surface area contributed by atoms with Crippen LogP contribution in [-0.4, -0.2) is 73.1 Å². The molecule has 0 aliphatic carbocycles. The molecule has 2 aliphatic heterocycles. The molecule has 1 saturated heterocycles. The van der Waals surface area contributed by atoms with Crippen LogP contribution in [0.3, 0.4) is 0 Å². The standard InChI is InChI=1S/C31H32ClF3N6O4S2/c1-16-11-39(12-17(2)41(16)29(43)45-30(3,4)5)26-20-10-21(31(33,34)35)23(22-9-18(32)14-46-22)25-24(20)40(28(42)38-26)13-19(15-47-25)44-27-36-7-6-8-37-27/h6-10,14,16-17,19H,11-13,15H2,1-5H3/t16-,17+,19-/m0/s1. The number of ether oxygens (including phenoxy) is 2. The summed E-state index contributed by atoms with van der Waals surface area (Å²) in [5.41, 5.74) is -1.93. The van der Waals surface area contributed by atoms with Crippen molar-refractivity contribution in [2.45, 2.75) is 76.0 Å². The number of carbonyl (C=O) groups is 1. The van der Waals surface area contributed by atoms with Crippen LogP contribution < -0.4 is 15.3 Å².